The molecule has 1 aromatic heterocycles. The topological polar surface area (TPSA) is 0 Å². The van der Waals surface area contributed by atoms with E-state index >= 15 is 0 Å². The van der Waals surface area contributed by atoms with E-state index in [0.717, 1.165) is 16.3 Å². The molecule has 0 atom stereocenters. The summed E-state index contributed by atoms with van der Waals surface area (Å²) in [4.78, 5) is 0.928. The van der Waals surface area contributed by atoms with Crippen LogP contribution in [-0.2, 0) is 0 Å². The maximum absolute atomic E-state index is 5.79. The molecular formula is C8H6Cl2S. The van der Waals surface area contributed by atoms with E-state index in [1.165, 1.54) is 0 Å². The van der Waals surface area contributed by atoms with Crippen LogP contribution in [-0.4, -0.2) is 5.88 Å². The Morgan fingerprint density at radius 1 is 1.55 bits per heavy atom. The maximum atomic E-state index is 5.79. The molecule has 0 N–H and O–H groups in total. The minimum Gasteiger partial charge on any atom is -0.134 e. The average Bonchev–Trinajstić information content (AvgIpc) is 2.37. The van der Waals surface area contributed by atoms with Gasteiger partial charge in [0.2, 0.25) is 0 Å². The Bertz CT molecular complexity index is 280. The summed E-state index contributed by atoms with van der Waals surface area (Å²) in [5.74, 6) is 6.45. The molecule has 0 spiro atoms. The summed E-state index contributed by atoms with van der Waals surface area (Å²) in [7, 11) is 0. The lowest BCUT2D eigenvalue weighted by Gasteiger charge is -1.80. The Hall–Kier alpha value is -0.160. The first-order valence-corrected chi connectivity index (χ1v) is 4.91. The van der Waals surface area contributed by atoms with Crippen LogP contribution in [0.5, 0.6) is 0 Å². The molecule has 0 aliphatic carbocycles. The monoisotopic (exact) mass is 204 g/mol. The van der Waals surface area contributed by atoms with Crippen molar-refractivity contribution in [1.29, 1.82) is 0 Å². The summed E-state index contributed by atoms with van der Waals surface area (Å²) in [6.07, 6.45) is 0.718. The Balaban J connectivity index is 2.65. The van der Waals surface area contributed by atoms with Crippen LogP contribution >= 0.6 is 34.5 Å². The van der Waals surface area contributed by atoms with Crippen LogP contribution in [0.15, 0.2) is 11.4 Å². The minimum absolute atomic E-state index is 0.579. The van der Waals surface area contributed by atoms with Crippen molar-refractivity contribution in [2.24, 2.45) is 0 Å². The lowest BCUT2D eigenvalue weighted by atomic mass is 10.4. The molecule has 58 valence electrons. The molecule has 1 aromatic rings. The SMILES string of the molecule is ClCCC#Cc1sccc1Cl. The highest BCUT2D eigenvalue weighted by Gasteiger charge is 1.94. The van der Waals surface area contributed by atoms with E-state index in [2.05, 4.69) is 11.8 Å². The number of hydrogen-bond donors (Lipinski definition) is 0. The minimum atomic E-state index is 0.579. The van der Waals surface area contributed by atoms with Crippen LogP contribution in [0.4, 0.5) is 0 Å². The van der Waals surface area contributed by atoms with E-state index in [1.807, 2.05) is 11.4 Å². The van der Waals surface area contributed by atoms with Crippen molar-refractivity contribution < 1.29 is 0 Å². The number of thiophene rings is 1. The van der Waals surface area contributed by atoms with Crippen LogP contribution in [0.2, 0.25) is 5.02 Å². The first-order valence-electron chi connectivity index (χ1n) is 3.12. The standard InChI is InChI=1S/C8H6Cl2S/c9-5-2-1-3-8-7(10)4-6-11-8/h4,6H,2,5H2. The second-order valence-electron chi connectivity index (χ2n) is 1.84. The molecular weight excluding hydrogens is 199 g/mol. The van der Waals surface area contributed by atoms with E-state index in [-0.39, 0.29) is 0 Å². The van der Waals surface area contributed by atoms with Crippen molar-refractivity contribution in [1.82, 2.24) is 0 Å². The largest absolute Gasteiger partial charge is 0.134 e. The normalized spacial score (nSPS) is 8.91. The van der Waals surface area contributed by atoms with Crippen molar-refractivity contribution in [3.63, 3.8) is 0 Å². The van der Waals surface area contributed by atoms with Gasteiger partial charge in [-0.1, -0.05) is 23.4 Å². The summed E-state index contributed by atoms with van der Waals surface area (Å²) in [6.45, 7) is 0. The molecule has 0 amide bonds. The summed E-state index contributed by atoms with van der Waals surface area (Å²) in [5.41, 5.74) is 0. The van der Waals surface area contributed by atoms with E-state index in [1.54, 1.807) is 11.3 Å². The number of alkyl halides is 1. The lowest BCUT2D eigenvalue weighted by molar-refractivity contribution is 1.29. The molecule has 0 saturated heterocycles. The highest BCUT2D eigenvalue weighted by Crippen LogP contribution is 2.20. The van der Waals surface area contributed by atoms with Gasteiger partial charge in [-0.05, 0) is 11.4 Å². The Kier molecular flexibility index (Phi) is 3.79. The smallest absolute Gasteiger partial charge is 0.0954 e. The van der Waals surface area contributed by atoms with Gasteiger partial charge in [0.15, 0.2) is 0 Å². The zero-order chi connectivity index (χ0) is 8.10. The fourth-order valence-electron chi connectivity index (χ4n) is 0.573. The third-order valence-corrected chi connectivity index (χ3v) is 2.48. The lowest BCUT2D eigenvalue weighted by Crippen LogP contribution is -1.68. The van der Waals surface area contributed by atoms with Gasteiger partial charge in [0.1, 0.15) is 0 Å². The Labute approximate surface area is 80.1 Å². The van der Waals surface area contributed by atoms with E-state index in [9.17, 15) is 0 Å². The summed E-state index contributed by atoms with van der Waals surface area (Å²) in [6, 6.07) is 1.84. The zero-order valence-electron chi connectivity index (χ0n) is 5.73. The van der Waals surface area contributed by atoms with E-state index in [0.29, 0.717) is 5.88 Å². The van der Waals surface area contributed by atoms with Gasteiger partial charge >= 0.3 is 0 Å². The first kappa shape index (κ1) is 8.93. The zero-order valence-corrected chi connectivity index (χ0v) is 8.06. The second-order valence-corrected chi connectivity index (χ2v) is 3.54. The molecule has 0 bridgehead atoms. The van der Waals surface area contributed by atoms with Gasteiger partial charge in [0.05, 0.1) is 9.90 Å². The van der Waals surface area contributed by atoms with Gasteiger partial charge in [-0.15, -0.1) is 22.9 Å². The third-order valence-electron chi connectivity index (χ3n) is 1.04. The van der Waals surface area contributed by atoms with Crippen LogP contribution in [0.25, 0.3) is 0 Å². The summed E-state index contributed by atoms with van der Waals surface area (Å²) in [5, 5.41) is 2.66. The molecule has 0 aromatic carbocycles. The van der Waals surface area contributed by atoms with Gasteiger partial charge < -0.3 is 0 Å². The van der Waals surface area contributed by atoms with Gasteiger partial charge in [0.25, 0.3) is 0 Å². The fourth-order valence-corrected chi connectivity index (χ4v) is 1.64. The van der Waals surface area contributed by atoms with Crippen LogP contribution in [0, 0.1) is 11.8 Å². The molecule has 11 heavy (non-hydrogen) atoms. The van der Waals surface area contributed by atoms with Gasteiger partial charge in [0, 0.05) is 12.3 Å². The second kappa shape index (κ2) is 4.66. The Morgan fingerprint density at radius 2 is 2.36 bits per heavy atom. The van der Waals surface area contributed by atoms with E-state index < -0.39 is 0 Å². The fraction of sp³-hybridized carbons (Fsp3) is 0.250. The first-order chi connectivity index (χ1) is 5.34. The molecule has 0 saturated carbocycles. The molecule has 0 aliphatic heterocycles. The third kappa shape index (κ3) is 2.75. The van der Waals surface area contributed by atoms with Crippen molar-refractivity contribution in [2.45, 2.75) is 6.42 Å². The molecule has 1 rings (SSSR count). The molecule has 3 heteroatoms. The van der Waals surface area contributed by atoms with Crippen LogP contribution in [0.1, 0.15) is 11.3 Å². The highest BCUT2D eigenvalue weighted by atomic mass is 35.5. The maximum Gasteiger partial charge on any atom is 0.0954 e. The average molecular weight is 205 g/mol. The summed E-state index contributed by atoms with van der Waals surface area (Å²) < 4.78 is 0. The molecule has 0 radical (unpaired) electrons. The highest BCUT2D eigenvalue weighted by molar-refractivity contribution is 7.11. The van der Waals surface area contributed by atoms with E-state index in [4.69, 9.17) is 23.2 Å². The number of halogens is 2. The quantitative estimate of drug-likeness (QED) is 0.487. The van der Waals surface area contributed by atoms with Crippen molar-refractivity contribution in [3.05, 3.63) is 21.3 Å². The molecule has 0 fully saturated rings. The molecule has 0 aliphatic rings. The van der Waals surface area contributed by atoms with Crippen molar-refractivity contribution in [3.8, 4) is 11.8 Å². The van der Waals surface area contributed by atoms with Crippen LogP contribution in [0.3, 0.4) is 0 Å². The Morgan fingerprint density at radius 3 is 2.91 bits per heavy atom. The van der Waals surface area contributed by atoms with Crippen molar-refractivity contribution in [2.75, 3.05) is 5.88 Å². The predicted octanol–water partition coefficient (Wildman–Crippen LogP) is 3.38. The molecule has 1 heterocycles. The van der Waals surface area contributed by atoms with Gasteiger partial charge in [-0.2, -0.15) is 0 Å². The van der Waals surface area contributed by atoms with Crippen molar-refractivity contribution >= 4 is 34.5 Å². The summed E-state index contributed by atoms with van der Waals surface area (Å²) >= 11 is 12.8. The number of hydrogen-bond acceptors (Lipinski definition) is 1. The number of rotatable bonds is 1. The molecule has 0 nitrogen and oxygen atoms in total. The predicted molar refractivity (Wildman–Crippen MR) is 51.5 cm³/mol. The molecule has 0 unspecified atom stereocenters. The van der Waals surface area contributed by atoms with Gasteiger partial charge in [-0.25, -0.2) is 0 Å². The van der Waals surface area contributed by atoms with Gasteiger partial charge in [-0.3, -0.25) is 0 Å². The van der Waals surface area contributed by atoms with Crippen LogP contribution < -0.4 is 0 Å².